The van der Waals surface area contributed by atoms with Crippen LogP contribution < -0.4 is 5.73 Å². The lowest BCUT2D eigenvalue weighted by atomic mass is 9.84. The van der Waals surface area contributed by atoms with E-state index in [1.54, 1.807) is 11.3 Å². The molecule has 1 unspecified atom stereocenters. The molecular weight excluding hydrogens is 282 g/mol. The van der Waals surface area contributed by atoms with Crippen molar-refractivity contribution in [1.29, 1.82) is 0 Å². The molecule has 0 amide bonds. The molecule has 1 fully saturated rings. The summed E-state index contributed by atoms with van der Waals surface area (Å²) in [5.74, 6) is 0.990. The Morgan fingerprint density at radius 3 is 2.76 bits per heavy atom. The third-order valence-corrected chi connectivity index (χ3v) is 5.67. The van der Waals surface area contributed by atoms with Crippen molar-refractivity contribution in [3.63, 3.8) is 0 Å². The van der Waals surface area contributed by atoms with Crippen LogP contribution in [0.3, 0.4) is 0 Å². The molecule has 1 aromatic carbocycles. The second kappa shape index (κ2) is 6.83. The molecule has 0 aliphatic carbocycles. The maximum atomic E-state index is 9.03. The van der Waals surface area contributed by atoms with E-state index in [0.717, 1.165) is 38.0 Å². The molecule has 3 N–H and O–H groups in total. The number of hydrogen-bond donors (Lipinski definition) is 2. The monoisotopic (exact) mass is 305 g/mol. The Morgan fingerprint density at radius 1 is 1.33 bits per heavy atom. The van der Waals surface area contributed by atoms with E-state index in [0.29, 0.717) is 18.4 Å². The molecule has 1 aliphatic rings. The number of rotatable bonds is 5. The highest BCUT2D eigenvalue weighted by molar-refractivity contribution is 7.18. The minimum atomic E-state index is 0.253. The fraction of sp³-hybridized carbons (Fsp3) is 0.562. The Labute approximate surface area is 129 Å². The van der Waals surface area contributed by atoms with Gasteiger partial charge in [-0.25, -0.2) is 4.98 Å². The number of aliphatic hydroxyl groups is 1. The van der Waals surface area contributed by atoms with Gasteiger partial charge in [-0.05, 0) is 44.0 Å². The Balaban J connectivity index is 1.73. The number of aliphatic hydroxyl groups excluding tert-OH is 1. The average molecular weight is 305 g/mol. The van der Waals surface area contributed by atoms with Gasteiger partial charge in [0, 0.05) is 19.0 Å². The third-order valence-electron chi connectivity index (χ3n) is 4.50. The zero-order chi connectivity index (χ0) is 14.7. The molecule has 1 aliphatic heterocycles. The predicted molar refractivity (Wildman–Crippen MR) is 87.7 cm³/mol. The first-order valence-electron chi connectivity index (χ1n) is 7.70. The lowest BCUT2D eigenvalue weighted by Crippen LogP contribution is -2.38. The summed E-state index contributed by atoms with van der Waals surface area (Å²) in [6.07, 6.45) is 2.30. The number of piperidine rings is 1. The Bertz CT molecular complexity index is 545. The van der Waals surface area contributed by atoms with Gasteiger partial charge in [-0.2, -0.15) is 0 Å². The van der Waals surface area contributed by atoms with Crippen LogP contribution in [0.1, 0.15) is 23.8 Å². The molecule has 2 heterocycles. The maximum Gasteiger partial charge on any atom is 0.0984 e. The normalized spacial score (nSPS) is 19.1. The second-order valence-electron chi connectivity index (χ2n) is 5.76. The molecule has 0 radical (unpaired) electrons. The van der Waals surface area contributed by atoms with Crippen LogP contribution in [0, 0.1) is 5.92 Å². The van der Waals surface area contributed by atoms with Crippen LogP contribution in [0.25, 0.3) is 10.2 Å². The average Bonchev–Trinajstić information content (AvgIpc) is 2.93. The van der Waals surface area contributed by atoms with Gasteiger partial charge in [0.1, 0.15) is 0 Å². The predicted octanol–water partition coefficient (Wildman–Crippen LogP) is 2.04. The molecule has 0 spiro atoms. The zero-order valence-electron chi connectivity index (χ0n) is 12.2. The molecule has 0 bridgehead atoms. The number of nitrogens with zero attached hydrogens (tertiary/aromatic N) is 2. The summed E-state index contributed by atoms with van der Waals surface area (Å²) in [7, 11) is 0. The van der Waals surface area contributed by atoms with Crippen molar-refractivity contribution in [3.05, 3.63) is 29.3 Å². The quantitative estimate of drug-likeness (QED) is 0.887. The number of likely N-dealkylation sites (tertiary alicyclic amines) is 1. The number of para-hydroxylation sites is 1. The summed E-state index contributed by atoms with van der Waals surface area (Å²) in [5.41, 5.74) is 7.16. The molecule has 3 rings (SSSR count). The van der Waals surface area contributed by atoms with E-state index in [1.807, 2.05) is 6.07 Å². The summed E-state index contributed by atoms with van der Waals surface area (Å²) < 4.78 is 1.25. The van der Waals surface area contributed by atoms with Crippen LogP contribution in [0.4, 0.5) is 0 Å². The molecule has 1 aromatic heterocycles. The van der Waals surface area contributed by atoms with E-state index in [9.17, 15) is 0 Å². The molecule has 114 valence electrons. The summed E-state index contributed by atoms with van der Waals surface area (Å²) in [5, 5.41) is 10.2. The van der Waals surface area contributed by atoms with Crippen LogP contribution in [-0.2, 0) is 0 Å². The molecule has 0 saturated carbocycles. The SMILES string of the molecule is NCC(c1nc2ccccc2s1)C1CCN(CCO)CC1. The lowest BCUT2D eigenvalue weighted by molar-refractivity contribution is 0.138. The van der Waals surface area contributed by atoms with Gasteiger partial charge in [0.25, 0.3) is 0 Å². The topological polar surface area (TPSA) is 62.4 Å². The van der Waals surface area contributed by atoms with E-state index in [2.05, 4.69) is 23.1 Å². The van der Waals surface area contributed by atoms with Crippen LogP contribution in [0.2, 0.25) is 0 Å². The number of thiazole rings is 1. The van der Waals surface area contributed by atoms with Gasteiger partial charge in [0.2, 0.25) is 0 Å². The first-order chi connectivity index (χ1) is 10.3. The van der Waals surface area contributed by atoms with E-state index in [4.69, 9.17) is 15.8 Å². The molecule has 2 aromatic rings. The van der Waals surface area contributed by atoms with E-state index in [-0.39, 0.29) is 6.61 Å². The van der Waals surface area contributed by atoms with Gasteiger partial charge in [-0.15, -0.1) is 11.3 Å². The maximum absolute atomic E-state index is 9.03. The number of hydrogen-bond acceptors (Lipinski definition) is 5. The Hall–Kier alpha value is -1.01. The van der Waals surface area contributed by atoms with Crippen molar-refractivity contribution in [2.45, 2.75) is 18.8 Å². The minimum absolute atomic E-state index is 0.253. The van der Waals surface area contributed by atoms with Gasteiger partial charge >= 0.3 is 0 Å². The largest absolute Gasteiger partial charge is 0.395 e. The Kier molecular flexibility index (Phi) is 4.85. The van der Waals surface area contributed by atoms with Gasteiger partial charge in [0.05, 0.1) is 21.8 Å². The Morgan fingerprint density at radius 2 is 2.10 bits per heavy atom. The highest BCUT2D eigenvalue weighted by Crippen LogP contribution is 2.35. The van der Waals surface area contributed by atoms with Gasteiger partial charge in [-0.3, -0.25) is 0 Å². The fourth-order valence-electron chi connectivity index (χ4n) is 3.26. The van der Waals surface area contributed by atoms with Crippen LogP contribution >= 0.6 is 11.3 Å². The highest BCUT2D eigenvalue weighted by atomic mass is 32.1. The third kappa shape index (κ3) is 3.26. The first-order valence-corrected chi connectivity index (χ1v) is 8.52. The number of fused-ring (bicyclic) bond motifs is 1. The molecule has 5 heteroatoms. The standard InChI is InChI=1S/C16H23N3OS/c17-11-13(12-5-7-19(8-6-12)9-10-20)16-18-14-3-1-2-4-15(14)21-16/h1-4,12-13,20H,5-11,17H2. The van der Waals surface area contributed by atoms with Crippen LogP contribution in [0.15, 0.2) is 24.3 Å². The minimum Gasteiger partial charge on any atom is -0.395 e. The number of aromatic nitrogens is 1. The number of benzene rings is 1. The molecule has 1 atom stereocenters. The lowest BCUT2D eigenvalue weighted by Gasteiger charge is -2.34. The summed E-state index contributed by atoms with van der Waals surface area (Å²) in [6.45, 7) is 3.84. The fourth-order valence-corrected chi connectivity index (χ4v) is 4.44. The highest BCUT2D eigenvalue weighted by Gasteiger charge is 2.28. The summed E-state index contributed by atoms with van der Waals surface area (Å²) in [4.78, 5) is 7.14. The van der Waals surface area contributed by atoms with Crippen molar-refractivity contribution < 1.29 is 5.11 Å². The molecule has 21 heavy (non-hydrogen) atoms. The molecular formula is C16H23N3OS. The molecule has 1 saturated heterocycles. The zero-order valence-corrected chi connectivity index (χ0v) is 13.1. The van der Waals surface area contributed by atoms with E-state index in [1.165, 1.54) is 9.71 Å². The first kappa shape index (κ1) is 14.9. The molecule has 4 nitrogen and oxygen atoms in total. The van der Waals surface area contributed by atoms with E-state index >= 15 is 0 Å². The second-order valence-corrected chi connectivity index (χ2v) is 6.83. The van der Waals surface area contributed by atoms with Crippen molar-refractivity contribution in [2.75, 3.05) is 32.8 Å². The summed E-state index contributed by atoms with van der Waals surface area (Å²) in [6, 6.07) is 8.31. The van der Waals surface area contributed by atoms with Crippen molar-refractivity contribution in [1.82, 2.24) is 9.88 Å². The van der Waals surface area contributed by atoms with Crippen molar-refractivity contribution in [3.8, 4) is 0 Å². The smallest absolute Gasteiger partial charge is 0.0984 e. The van der Waals surface area contributed by atoms with Gasteiger partial charge in [0.15, 0.2) is 0 Å². The van der Waals surface area contributed by atoms with Crippen LogP contribution in [0.5, 0.6) is 0 Å². The van der Waals surface area contributed by atoms with Crippen molar-refractivity contribution >= 4 is 21.6 Å². The van der Waals surface area contributed by atoms with Crippen molar-refractivity contribution in [2.24, 2.45) is 11.7 Å². The van der Waals surface area contributed by atoms with Gasteiger partial charge in [-0.1, -0.05) is 12.1 Å². The van der Waals surface area contributed by atoms with Gasteiger partial charge < -0.3 is 15.7 Å². The number of nitrogens with two attached hydrogens (primary N) is 1. The van der Waals surface area contributed by atoms with E-state index < -0.39 is 0 Å². The number of β-amino-alcohol motifs (C(OH)–C–C–N with tert-alkyl or cyclic N) is 1. The summed E-state index contributed by atoms with van der Waals surface area (Å²) >= 11 is 1.79. The van der Waals surface area contributed by atoms with Crippen LogP contribution in [-0.4, -0.2) is 47.8 Å².